The summed E-state index contributed by atoms with van der Waals surface area (Å²) in [5.74, 6) is -6.31. The molecule has 5 rings (SSSR count). The van der Waals surface area contributed by atoms with Crippen LogP contribution in [0.4, 0.5) is 0 Å². The molecule has 0 spiro atoms. The molecule has 1 aliphatic heterocycles. The first kappa shape index (κ1) is 24.3. The zero-order valence-electron chi connectivity index (χ0n) is 20.2. The van der Waals surface area contributed by atoms with Crippen LogP contribution in [0.2, 0.25) is 0 Å². The number of Topliss-reactive ketones (excluding diaryl/α,β-unsaturated/α-hetero) is 2. The van der Waals surface area contributed by atoms with Gasteiger partial charge in [-0.15, -0.1) is 0 Å². The number of aliphatic hydroxyl groups excluding tert-OH is 1. The van der Waals surface area contributed by atoms with Crippen LogP contribution >= 0.6 is 0 Å². The third kappa shape index (κ3) is 2.99. The van der Waals surface area contributed by atoms with E-state index >= 15 is 0 Å². The lowest BCUT2D eigenvalue weighted by Gasteiger charge is -2.41. The first-order valence-electron chi connectivity index (χ1n) is 11.5. The van der Waals surface area contributed by atoms with Crippen LogP contribution in [-0.2, 0) is 25.3 Å². The van der Waals surface area contributed by atoms with E-state index in [1.54, 1.807) is 12.1 Å². The van der Waals surface area contributed by atoms with Gasteiger partial charge in [-0.3, -0.25) is 14.4 Å². The van der Waals surface area contributed by atoms with E-state index in [1.807, 2.05) is 27.7 Å². The van der Waals surface area contributed by atoms with Gasteiger partial charge in [0.15, 0.2) is 11.4 Å². The number of carbonyl (C=O) groups is 3. The molecule has 6 N–H and O–H groups in total. The molecule has 3 aliphatic rings. The van der Waals surface area contributed by atoms with Crippen LogP contribution < -0.4 is 11.2 Å². The Bertz CT molecular complexity index is 1410. The van der Waals surface area contributed by atoms with Crippen LogP contribution in [0.1, 0.15) is 50.0 Å². The Morgan fingerprint density at radius 3 is 2.25 bits per heavy atom. The maximum absolute atomic E-state index is 13.5. The number of benzene rings is 2. The summed E-state index contributed by atoms with van der Waals surface area (Å²) in [7, 11) is -0.840. The van der Waals surface area contributed by atoms with Gasteiger partial charge in [-0.1, -0.05) is 12.1 Å². The molecule has 36 heavy (non-hydrogen) atoms. The van der Waals surface area contributed by atoms with Crippen LogP contribution in [0, 0.1) is 5.92 Å². The van der Waals surface area contributed by atoms with Crippen molar-refractivity contribution in [2.45, 2.75) is 57.3 Å². The highest BCUT2D eigenvalue weighted by atomic mass is 16.7. The van der Waals surface area contributed by atoms with E-state index in [-0.39, 0.29) is 23.1 Å². The Morgan fingerprint density at radius 1 is 1.06 bits per heavy atom. The van der Waals surface area contributed by atoms with Crippen molar-refractivity contribution in [2.75, 3.05) is 0 Å². The fourth-order valence-electron chi connectivity index (χ4n) is 5.35. The first-order valence-corrected chi connectivity index (χ1v) is 11.5. The molecule has 1 saturated heterocycles. The minimum absolute atomic E-state index is 0.0677. The molecule has 2 aromatic carbocycles. The molecule has 1 heterocycles. The maximum atomic E-state index is 13.5. The average Bonchev–Trinajstić information content (AvgIpc) is 2.97. The number of amides is 1. The van der Waals surface area contributed by atoms with Crippen molar-refractivity contribution < 1.29 is 44.1 Å². The molecule has 0 aromatic heterocycles. The molecule has 2 aromatic rings. The number of ketones is 2. The molecule has 0 bridgehead atoms. The van der Waals surface area contributed by atoms with Gasteiger partial charge in [0.1, 0.15) is 22.8 Å². The van der Waals surface area contributed by atoms with Gasteiger partial charge in [0.2, 0.25) is 5.78 Å². The summed E-state index contributed by atoms with van der Waals surface area (Å²) in [6, 6.07) is 4.52. The van der Waals surface area contributed by atoms with Crippen LogP contribution in [-0.4, -0.2) is 61.8 Å². The van der Waals surface area contributed by atoms with Crippen molar-refractivity contribution in [2.24, 2.45) is 11.7 Å². The maximum Gasteiger partial charge on any atom is 0.495 e. The monoisotopic (exact) mass is 495 g/mol. The summed E-state index contributed by atoms with van der Waals surface area (Å²) < 4.78 is 12.3. The lowest BCUT2D eigenvalue weighted by Crippen LogP contribution is -2.56. The van der Waals surface area contributed by atoms with Crippen molar-refractivity contribution in [1.82, 2.24) is 0 Å². The number of phenolic OH excluding ortho intramolecular Hbond substituents is 2. The van der Waals surface area contributed by atoms with E-state index in [2.05, 4.69) is 0 Å². The lowest BCUT2D eigenvalue weighted by atomic mass is 9.63. The molecule has 0 unspecified atom stereocenters. The third-order valence-corrected chi connectivity index (χ3v) is 8.06. The number of primary amides is 1. The molecule has 2 aliphatic carbocycles. The molecule has 1 fully saturated rings. The smallest absolute Gasteiger partial charge is 0.495 e. The summed E-state index contributed by atoms with van der Waals surface area (Å²) >= 11 is 0. The van der Waals surface area contributed by atoms with Crippen molar-refractivity contribution in [3.8, 4) is 11.5 Å². The number of aromatic hydroxyl groups is 2. The molecular formula is C25H26BNO9. The summed E-state index contributed by atoms with van der Waals surface area (Å²) in [5, 5.41) is 44.1. The van der Waals surface area contributed by atoms with Crippen LogP contribution in [0.3, 0.4) is 0 Å². The van der Waals surface area contributed by atoms with Crippen molar-refractivity contribution in [3.63, 3.8) is 0 Å². The van der Waals surface area contributed by atoms with Gasteiger partial charge in [0.05, 0.1) is 22.2 Å². The predicted octanol–water partition coefficient (Wildman–Crippen LogP) is 0.906. The topological polar surface area (TPSA) is 177 Å². The number of nitrogens with two attached hydrogens (primary N) is 1. The summed E-state index contributed by atoms with van der Waals surface area (Å²) in [4.78, 5) is 37.8. The Hall–Kier alpha value is -3.41. The number of fused-ring (bicyclic) bond motifs is 3. The second-order valence-electron chi connectivity index (χ2n) is 10.7. The minimum Gasteiger partial charge on any atom is -0.508 e. The van der Waals surface area contributed by atoms with E-state index in [0.717, 1.165) is 0 Å². The highest BCUT2D eigenvalue weighted by Crippen LogP contribution is 2.49. The van der Waals surface area contributed by atoms with E-state index in [0.29, 0.717) is 16.4 Å². The lowest BCUT2D eigenvalue weighted by molar-refractivity contribution is -0.125. The van der Waals surface area contributed by atoms with E-state index < -0.39 is 70.8 Å². The number of aliphatic hydroxyl groups is 2. The Kier molecular flexibility index (Phi) is 4.94. The SMILES string of the molecule is CC1(C)OB(c2ccc(O)c3c(O)c4c(cc23)C[C@H]2CC(=O)C(C(N)=O)=C(O)[C@@]2(O)C4=O)OC1(C)C. The van der Waals surface area contributed by atoms with Crippen molar-refractivity contribution in [1.29, 1.82) is 0 Å². The Morgan fingerprint density at radius 2 is 1.67 bits per heavy atom. The van der Waals surface area contributed by atoms with Gasteiger partial charge in [-0.25, -0.2) is 0 Å². The van der Waals surface area contributed by atoms with Gasteiger partial charge in [-0.05, 0) is 56.6 Å². The molecule has 0 saturated carbocycles. The van der Waals surface area contributed by atoms with Crippen molar-refractivity contribution in [3.05, 3.63) is 40.7 Å². The summed E-state index contributed by atoms with van der Waals surface area (Å²) in [6.07, 6.45) is -0.492. The zero-order chi connectivity index (χ0) is 26.5. The second kappa shape index (κ2) is 7.31. The van der Waals surface area contributed by atoms with Gasteiger partial charge in [0.25, 0.3) is 5.91 Å². The van der Waals surface area contributed by atoms with Crippen LogP contribution in [0.15, 0.2) is 29.5 Å². The Balaban J connectivity index is 1.73. The predicted molar refractivity (Wildman–Crippen MR) is 128 cm³/mol. The average molecular weight is 495 g/mol. The Labute approximate surface area is 206 Å². The zero-order valence-corrected chi connectivity index (χ0v) is 20.2. The van der Waals surface area contributed by atoms with E-state index in [4.69, 9.17) is 15.0 Å². The first-order chi connectivity index (χ1) is 16.6. The fourth-order valence-corrected chi connectivity index (χ4v) is 5.35. The van der Waals surface area contributed by atoms with E-state index in [9.17, 15) is 34.8 Å². The second-order valence-corrected chi connectivity index (χ2v) is 10.7. The fraction of sp³-hybridized carbons (Fsp3) is 0.400. The number of rotatable bonds is 2. The molecule has 2 atom stereocenters. The highest BCUT2D eigenvalue weighted by molar-refractivity contribution is 6.65. The number of carbonyl (C=O) groups excluding carboxylic acids is 3. The third-order valence-electron chi connectivity index (χ3n) is 8.06. The van der Waals surface area contributed by atoms with Gasteiger partial charge < -0.3 is 35.5 Å². The number of hydrogen-bond donors (Lipinski definition) is 5. The normalized spacial score (nSPS) is 26.8. The molecule has 1 amide bonds. The number of phenols is 2. The highest BCUT2D eigenvalue weighted by Gasteiger charge is 2.58. The van der Waals surface area contributed by atoms with Gasteiger partial charge in [0, 0.05) is 12.3 Å². The van der Waals surface area contributed by atoms with Crippen molar-refractivity contribution >= 4 is 40.8 Å². The molecule has 11 heteroatoms. The number of hydrogen-bond acceptors (Lipinski definition) is 9. The minimum atomic E-state index is -2.63. The summed E-state index contributed by atoms with van der Waals surface area (Å²) in [5.41, 5.74) is 0.897. The molecule has 10 nitrogen and oxygen atoms in total. The molecule has 0 radical (unpaired) electrons. The van der Waals surface area contributed by atoms with Crippen LogP contribution in [0.25, 0.3) is 10.8 Å². The van der Waals surface area contributed by atoms with Crippen LogP contribution in [0.5, 0.6) is 11.5 Å². The van der Waals surface area contributed by atoms with E-state index in [1.165, 1.54) is 6.07 Å². The standard InChI is InChI=1S/C25H26BNO9/c1-23(2)24(3,4)36-26(35-23)13-5-6-14(28)17-12(13)8-10-7-11-9-15(29)18(22(27)33)21(32)25(11,34)20(31)16(10)19(17)30/h5-6,8,11,28,30,32,34H,7,9H2,1-4H3,(H2,27,33)/t11-,25-/m0/s1. The largest absolute Gasteiger partial charge is 0.508 e. The quantitative estimate of drug-likeness (QED) is 0.299. The van der Waals surface area contributed by atoms with Gasteiger partial charge >= 0.3 is 7.12 Å². The molecular weight excluding hydrogens is 469 g/mol. The molecule has 188 valence electrons. The summed E-state index contributed by atoms with van der Waals surface area (Å²) in [6.45, 7) is 7.54. The van der Waals surface area contributed by atoms with Gasteiger partial charge in [-0.2, -0.15) is 0 Å².